The number of rotatable bonds is 2. The van der Waals surface area contributed by atoms with Gasteiger partial charge in [-0.05, 0) is 60.9 Å². The lowest BCUT2D eigenvalue weighted by molar-refractivity contribution is 1.27. The fourth-order valence-electron chi connectivity index (χ4n) is 2.31. The van der Waals surface area contributed by atoms with E-state index in [9.17, 15) is 5.26 Å². The molecule has 0 aliphatic heterocycles. The fraction of sp³-hybridized carbons (Fsp3) is 0.111. The summed E-state index contributed by atoms with van der Waals surface area (Å²) in [4.78, 5) is 7.74. The van der Waals surface area contributed by atoms with Crippen molar-refractivity contribution in [1.82, 2.24) is 9.97 Å². The molecule has 3 rings (SSSR count). The number of nitrogens with one attached hydrogen (secondary N) is 1. The second kappa shape index (κ2) is 5.67. The molecule has 0 atom stereocenters. The summed E-state index contributed by atoms with van der Waals surface area (Å²) in [6, 6.07) is 13.7. The van der Waals surface area contributed by atoms with E-state index in [0.717, 1.165) is 16.6 Å². The Morgan fingerprint density at radius 2 is 2.00 bits per heavy atom. The molecule has 0 fully saturated rings. The summed E-state index contributed by atoms with van der Waals surface area (Å²) < 4.78 is 0. The van der Waals surface area contributed by atoms with E-state index in [0.29, 0.717) is 16.4 Å². The summed E-state index contributed by atoms with van der Waals surface area (Å²) in [6.07, 6.45) is 1.78. The van der Waals surface area contributed by atoms with E-state index < -0.39 is 0 Å². The molecular weight excluding hydrogens is 294 g/mol. The quantitative estimate of drug-likeness (QED) is 0.685. The van der Waals surface area contributed by atoms with Crippen LogP contribution in [0.25, 0.3) is 22.7 Å². The summed E-state index contributed by atoms with van der Waals surface area (Å²) in [5.41, 5.74) is 5.53. The molecule has 0 bridgehead atoms. The Balaban J connectivity index is 2.09. The van der Waals surface area contributed by atoms with E-state index in [1.54, 1.807) is 12.1 Å². The highest BCUT2D eigenvalue weighted by atomic mass is 35.5. The van der Waals surface area contributed by atoms with Gasteiger partial charge in [-0.1, -0.05) is 23.7 Å². The van der Waals surface area contributed by atoms with Crippen molar-refractivity contribution < 1.29 is 0 Å². The van der Waals surface area contributed by atoms with Crippen LogP contribution in [0.3, 0.4) is 0 Å². The zero-order valence-corrected chi connectivity index (χ0v) is 13.1. The molecule has 0 radical (unpaired) electrons. The molecule has 1 heterocycles. The largest absolute Gasteiger partial charge is 0.337 e. The number of halogens is 1. The zero-order chi connectivity index (χ0) is 15.7. The molecule has 3 aromatic rings. The first kappa shape index (κ1) is 14.4. The SMILES string of the molecule is Cc1cc2nc(/C(C#N)=C/c3cccc(Cl)c3)[nH]c2cc1C. The molecule has 0 aliphatic rings. The Labute approximate surface area is 133 Å². The molecule has 4 heteroatoms. The number of benzene rings is 2. The number of fused-ring (bicyclic) bond motifs is 1. The fourth-order valence-corrected chi connectivity index (χ4v) is 2.51. The van der Waals surface area contributed by atoms with Gasteiger partial charge in [-0.15, -0.1) is 0 Å². The van der Waals surface area contributed by atoms with Gasteiger partial charge in [-0.25, -0.2) is 4.98 Å². The van der Waals surface area contributed by atoms with Crippen LogP contribution in [0.5, 0.6) is 0 Å². The van der Waals surface area contributed by atoms with Crippen LogP contribution in [0, 0.1) is 25.2 Å². The van der Waals surface area contributed by atoms with Gasteiger partial charge in [-0.3, -0.25) is 0 Å². The highest BCUT2D eigenvalue weighted by Gasteiger charge is 2.09. The smallest absolute Gasteiger partial charge is 0.149 e. The first-order chi connectivity index (χ1) is 10.6. The molecular formula is C18H14ClN3. The number of allylic oxidation sites excluding steroid dienone is 1. The number of aryl methyl sites for hydroxylation is 2. The molecule has 0 aliphatic carbocycles. The van der Waals surface area contributed by atoms with Crippen LogP contribution in [-0.4, -0.2) is 9.97 Å². The maximum absolute atomic E-state index is 9.43. The van der Waals surface area contributed by atoms with Crippen LogP contribution in [0.2, 0.25) is 5.02 Å². The van der Waals surface area contributed by atoms with Gasteiger partial charge in [0.25, 0.3) is 0 Å². The van der Waals surface area contributed by atoms with Crippen LogP contribution in [0.15, 0.2) is 36.4 Å². The van der Waals surface area contributed by atoms with Gasteiger partial charge in [0.15, 0.2) is 0 Å². The monoisotopic (exact) mass is 307 g/mol. The molecule has 22 heavy (non-hydrogen) atoms. The van der Waals surface area contributed by atoms with E-state index in [2.05, 4.69) is 36.0 Å². The van der Waals surface area contributed by atoms with Crippen molar-refractivity contribution in [1.29, 1.82) is 5.26 Å². The lowest BCUT2D eigenvalue weighted by Crippen LogP contribution is -1.84. The highest BCUT2D eigenvalue weighted by Crippen LogP contribution is 2.22. The van der Waals surface area contributed by atoms with Gasteiger partial charge >= 0.3 is 0 Å². The van der Waals surface area contributed by atoms with E-state index >= 15 is 0 Å². The molecule has 0 unspecified atom stereocenters. The van der Waals surface area contributed by atoms with E-state index in [4.69, 9.17) is 11.6 Å². The first-order valence-corrected chi connectivity index (χ1v) is 7.29. The van der Waals surface area contributed by atoms with Crippen molar-refractivity contribution in [2.75, 3.05) is 0 Å². The Morgan fingerprint density at radius 3 is 2.73 bits per heavy atom. The summed E-state index contributed by atoms with van der Waals surface area (Å²) in [5.74, 6) is 0.572. The van der Waals surface area contributed by atoms with Crippen molar-refractivity contribution in [2.45, 2.75) is 13.8 Å². The van der Waals surface area contributed by atoms with Crippen molar-refractivity contribution in [2.24, 2.45) is 0 Å². The molecule has 0 amide bonds. The Kier molecular flexibility index (Phi) is 3.70. The first-order valence-electron chi connectivity index (χ1n) is 6.91. The van der Waals surface area contributed by atoms with Crippen LogP contribution < -0.4 is 0 Å². The number of nitriles is 1. The van der Waals surface area contributed by atoms with Gasteiger partial charge in [0.2, 0.25) is 0 Å². The minimum atomic E-state index is 0.480. The number of aromatic amines is 1. The van der Waals surface area contributed by atoms with E-state index in [-0.39, 0.29) is 0 Å². The van der Waals surface area contributed by atoms with Crippen molar-refractivity contribution >= 4 is 34.3 Å². The molecule has 1 aromatic heterocycles. The number of nitrogens with zero attached hydrogens (tertiary/aromatic N) is 2. The number of hydrogen-bond donors (Lipinski definition) is 1. The average molecular weight is 308 g/mol. The molecule has 0 saturated carbocycles. The standard InChI is InChI=1S/C18H14ClN3/c1-11-6-16-17(7-12(11)2)22-18(21-16)14(10-20)8-13-4-3-5-15(19)9-13/h3-9H,1-2H3,(H,21,22)/b14-8+. The highest BCUT2D eigenvalue weighted by molar-refractivity contribution is 6.30. The van der Waals surface area contributed by atoms with Crippen LogP contribution in [0.4, 0.5) is 0 Å². The summed E-state index contributed by atoms with van der Waals surface area (Å²) >= 11 is 5.98. The maximum atomic E-state index is 9.43. The lowest BCUT2D eigenvalue weighted by atomic mass is 10.1. The van der Waals surface area contributed by atoms with Crippen molar-refractivity contribution in [3.63, 3.8) is 0 Å². The summed E-state index contributed by atoms with van der Waals surface area (Å²) in [6.45, 7) is 4.11. The molecule has 3 nitrogen and oxygen atoms in total. The minimum Gasteiger partial charge on any atom is -0.337 e. The zero-order valence-electron chi connectivity index (χ0n) is 12.3. The van der Waals surface area contributed by atoms with Crippen molar-refractivity contribution in [3.8, 4) is 6.07 Å². The molecule has 0 saturated heterocycles. The van der Waals surface area contributed by atoms with E-state index in [1.807, 2.05) is 24.3 Å². The number of H-pyrrole nitrogens is 1. The molecule has 0 spiro atoms. The third-order valence-corrected chi connectivity index (χ3v) is 3.87. The van der Waals surface area contributed by atoms with Crippen LogP contribution in [-0.2, 0) is 0 Å². The van der Waals surface area contributed by atoms with Gasteiger partial charge in [0.05, 0.1) is 16.6 Å². The molecule has 2 aromatic carbocycles. The number of imidazole rings is 1. The molecule has 108 valence electrons. The Hall–Kier alpha value is -2.57. The Bertz CT molecular complexity index is 890. The average Bonchev–Trinajstić information content (AvgIpc) is 2.88. The van der Waals surface area contributed by atoms with Crippen LogP contribution in [0.1, 0.15) is 22.5 Å². The Morgan fingerprint density at radius 1 is 1.23 bits per heavy atom. The second-order valence-corrected chi connectivity index (χ2v) is 5.70. The number of hydrogen-bond acceptors (Lipinski definition) is 2. The molecule has 1 N–H and O–H groups in total. The van der Waals surface area contributed by atoms with Gasteiger partial charge in [0.1, 0.15) is 11.9 Å². The van der Waals surface area contributed by atoms with Gasteiger partial charge < -0.3 is 4.98 Å². The summed E-state index contributed by atoms with van der Waals surface area (Å²) in [5, 5.41) is 10.1. The summed E-state index contributed by atoms with van der Waals surface area (Å²) in [7, 11) is 0. The maximum Gasteiger partial charge on any atom is 0.149 e. The van der Waals surface area contributed by atoms with Gasteiger partial charge in [-0.2, -0.15) is 5.26 Å². The van der Waals surface area contributed by atoms with Gasteiger partial charge in [0, 0.05) is 5.02 Å². The topological polar surface area (TPSA) is 52.5 Å². The predicted molar refractivity (Wildman–Crippen MR) is 90.5 cm³/mol. The van der Waals surface area contributed by atoms with Crippen LogP contribution >= 0.6 is 11.6 Å². The normalized spacial score (nSPS) is 11.6. The third kappa shape index (κ3) is 2.74. The number of aromatic nitrogens is 2. The lowest BCUT2D eigenvalue weighted by Gasteiger charge is -1.97. The minimum absolute atomic E-state index is 0.480. The third-order valence-electron chi connectivity index (χ3n) is 3.63. The van der Waals surface area contributed by atoms with E-state index in [1.165, 1.54) is 11.1 Å². The predicted octanol–water partition coefficient (Wildman–Crippen LogP) is 4.90. The van der Waals surface area contributed by atoms with Crippen molar-refractivity contribution in [3.05, 3.63) is 63.9 Å². The second-order valence-electron chi connectivity index (χ2n) is 5.26.